The van der Waals surface area contributed by atoms with E-state index in [4.69, 9.17) is 0 Å². The van der Waals surface area contributed by atoms with Crippen molar-refractivity contribution in [3.05, 3.63) is 87.5 Å². The molecule has 0 atom stereocenters. The zero-order valence-electron chi connectivity index (χ0n) is 22.3. The minimum atomic E-state index is -0.127. The summed E-state index contributed by atoms with van der Waals surface area (Å²) in [4.78, 5) is 0. The molecule has 0 heterocycles. The van der Waals surface area contributed by atoms with Crippen LogP contribution in [-0.2, 0) is 77.4 Å². The first-order valence-electron chi connectivity index (χ1n) is 11.7. The molecule has 1 nitrogen and oxygen atoms in total. The Hall–Kier alpha value is -0.748. The van der Waals surface area contributed by atoms with Crippen LogP contribution in [0.1, 0.15) is 80.5 Å². The molecule has 0 spiro atoms. The predicted molar refractivity (Wildman–Crippen MR) is 137 cm³/mol. The summed E-state index contributed by atoms with van der Waals surface area (Å²) in [5.74, 6) is 0.433. The van der Waals surface area contributed by atoms with Gasteiger partial charge in [0.2, 0.25) is 0 Å². The molecule has 34 heavy (non-hydrogen) atoms. The maximum Gasteiger partial charge on any atom is 0.123 e. The van der Waals surface area contributed by atoms with Crippen LogP contribution in [0.25, 0.3) is 11.1 Å². The standard InChI is InChI=1S/C31H38O.W.Y/c1-20-16-22(3)25(17-21(20)2)15-12-23-10-13-24(14-11-23)26-18-27(30(4,5)6)29(32)28(19-26)31(7,8)9;;/h10-11,13-14,18-19,32H,12,15H2,1-9H3;;/q-2;;. The van der Waals surface area contributed by atoms with Crippen LogP contribution < -0.4 is 0 Å². The quantitative estimate of drug-likeness (QED) is 0.274. The normalized spacial score (nSPS) is 11.6. The van der Waals surface area contributed by atoms with Crippen molar-refractivity contribution in [1.29, 1.82) is 0 Å². The van der Waals surface area contributed by atoms with Crippen LogP contribution in [0.2, 0.25) is 0 Å². The van der Waals surface area contributed by atoms with Gasteiger partial charge in [0.15, 0.2) is 0 Å². The van der Waals surface area contributed by atoms with E-state index in [2.05, 4.69) is 111 Å². The monoisotopic (exact) mass is 699 g/mol. The van der Waals surface area contributed by atoms with Gasteiger partial charge >= 0.3 is 0 Å². The number of rotatable bonds is 4. The van der Waals surface area contributed by atoms with Crippen LogP contribution >= 0.6 is 0 Å². The number of phenolic OH excluding ortho intramolecular Hbond substituents is 1. The van der Waals surface area contributed by atoms with Gasteiger partial charge in [0.1, 0.15) is 5.75 Å². The smallest absolute Gasteiger partial charge is 0.123 e. The molecule has 0 unspecified atom stereocenters. The maximum atomic E-state index is 11.0. The van der Waals surface area contributed by atoms with Gasteiger partial charge in [-0.15, -0.1) is 20.8 Å². The third kappa shape index (κ3) is 7.38. The SMILES string of the molecule is Cc1[c-]c(C)c(CCc2ccc(-c3cc(C(C)(C)C)c(O)c(C(C)(C)C)c3)cc2)[c-]c1C.[W].[Y]. The largest absolute Gasteiger partial charge is 0.507 e. The van der Waals surface area contributed by atoms with E-state index in [1.54, 1.807) is 0 Å². The molecule has 0 aliphatic heterocycles. The molecule has 179 valence electrons. The number of hydrogen-bond acceptors (Lipinski definition) is 1. The molecule has 1 radical (unpaired) electrons. The second-order valence-electron chi connectivity index (χ2n) is 11.2. The summed E-state index contributed by atoms with van der Waals surface area (Å²) in [6, 6.07) is 20.2. The molecular formula is C31H38OWY-2. The van der Waals surface area contributed by atoms with Crippen molar-refractivity contribution in [3.63, 3.8) is 0 Å². The molecule has 3 heteroatoms. The van der Waals surface area contributed by atoms with Crippen LogP contribution in [0.15, 0.2) is 36.4 Å². The summed E-state index contributed by atoms with van der Waals surface area (Å²) in [7, 11) is 0. The second kappa shape index (κ2) is 12.0. The predicted octanol–water partition coefficient (Wildman–Crippen LogP) is 7.96. The number of benzene rings is 3. The first kappa shape index (κ1) is 31.3. The van der Waals surface area contributed by atoms with E-state index in [0.29, 0.717) is 5.75 Å². The molecule has 0 aromatic heterocycles. The van der Waals surface area contributed by atoms with Gasteiger partial charge in [0.25, 0.3) is 0 Å². The third-order valence-electron chi connectivity index (χ3n) is 6.41. The van der Waals surface area contributed by atoms with Gasteiger partial charge in [0, 0.05) is 64.9 Å². The Kier molecular flexibility index (Phi) is 11.0. The summed E-state index contributed by atoms with van der Waals surface area (Å²) in [5.41, 5.74) is 10.3. The zero-order valence-corrected chi connectivity index (χ0v) is 28.1. The fourth-order valence-electron chi connectivity index (χ4n) is 4.19. The second-order valence-corrected chi connectivity index (χ2v) is 11.2. The number of aromatic hydroxyl groups is 1. The summed E-state index contributed by atoms with van der Waals surface area (Å²) < 4.78 is 0. The van der Waals surface area contributed by atoms with Gasteiger partial charge in [-0.1, -0.05) is 72.2 Å². The maximum absolute atomic E-state index is 11.0. The first-order chi connectivity index (χ1) is 14.8. The van der Waals surface area contributed by atoms with E-state index in [1.807, 2.05) is 0 Å². The van der Waals surface area contributed by atoms with E-state index in [0.717, 1.165) is 29.5 Å². The number of hydrogen-bond donors (Lipinski definition) is 1. The first-order valence-corrected chi connectivity index (χ1v) is 11.7. The van der Waals surface area contributed by atoms with Crippen molar-refractivity contribution in [2.45, 2.75) is 86.0 Å². The van der Waals surface area contributed by atoms with Crippen LogP contribution in [-0.4, -0.2) is 5.11 Å². The van der Waals surface area contributed by atoms with E-state index in [1.165, 1.54) is 33.4 Å². The molecule has 0 amide bonds. The molecular weight excluding hydrogens is 661 g/mol. The van der Waals surface area contributed by atoms with Crippen molar-refractivity contribution in [1.82, 2.24) is 0 Å². The molecule has 3 aromatic rings. The molecule has 0 saturated carbocycles. The Labute approximate surface area is 247 Å². The van der Waals surface area contributed by atoms with E-state index >= 15 is 0 Å². The van der Waals surface area contributed by atoms with Gasteiger partial charge in [-0.3, -0.25) is 22.3 Å². The Bertz CT molecular complexity index is 1080. The van der Waals surface area contributed by atoms with Crippen molar-refractivity contribution in [2.75, 3.05) is 0 Å². The van der Waals surface area contributed by atoms with Gasteiger partial charge in [-0.2, -0.15) is 0 Å². The Morgan fingerprint density at radius 3 is 1.62 bits per heavy atom. The van der Waals surface area contributed by atoms with Gasteiger partial charge < -0.3 is 17.2 Å². The zero-order chi connectivity index (χ0) is 23.8. The van der Waals surface area contributed by atoms with Crippen molar-refractivity contribution < 1.29 is 58.9 Å². The summed E-state index contributed by atoms with van der Waals surface area (Å²) in [6.45, 7) is 19.3. The van der Waals surface area contributed by atoms with Gasteiger partial charge in [-0.25, -0.2) is 0 Å². The molecule has 3 aromatic carbocycles. The molecule has 0 aliphatic carbocycles. The van der Waals surface area contributed by atoms with E-state index in [9.17, 15) is 5.11 Å². The molecule has 0 fully saturated rings. The van der Waals surface area contributed by atoms with Crippen LogP contribution in [0, 0.1) is 32.9 Å². The van der Waals surface area contributed by atoms with Gasteiger partial charge in [-0.05, 0) is 46.1 Å². The Morgan fingerprint density at radius 2 is 1.15 bits per heavy atom. The van der Waals surface area contributed by atoms with Crippen LogP contribution in [0.5, 0.6) is 5.75 Å². The van der Waals surface area contributed by atoms with E-state index < -0.39 is 0 Å². The van der Waals surface area contributed by atoms with Crippen molar-refractivity contribution >= 4 is 0 Å². The van der Waals surface area contributed by atoms with Crippen molar-refractivity contribution in [2.24, 2.45) is 0 Å². The number of phenols is 1. The van der Waals surface area contributed by atoms with Crippen LogP contribution in [0.4, 0.5) is 0 Å². The summed E-state index contributed by atoms with van der Waals surface area (Å²) >= 11 is 0. The topological polar surface area (TPSA) is 20.2 Å². The summed E-state index contributed by atoms with van der Waals surface area (Å²) in [5, 5.41) is 11.0. The average Bonchev–Trinajstić information content (AvgIpc) is 2.68. The number of aryl methyl sites for hydroxylation is 5. The Morgan fingerprint density at radius 1 is 0.676 bits per heavy atom. The average molecular weight is 699 g/mol. The van der Waals surface area contributed by atoms with Crippen LogP contribution in [0.3, 0.4) is 0 Å². The minimum absolute atomic E-state index is 0. The molecule has 1 N–H and O–H groups in total. The van der Waals surface area contributed by atoms with E-state index in [-0.39, 0.29) is 64.6 Å². The minimum Gasteiger partial charge on any atom is -0.507 e. The fourth-order valence-corrected chi connectivity index (χ4v) is 4.19. The molecule has 0 bridgehead atoms. The third-order valence-corrected chi connectivity index (χ3v) is 6.41. The molecule has 0 aliphatic rings. The fraction of sp³-hybridized carbons (Fsp3) is 0.419. The summed E-state index contributed by atoms with van der Waals surface area (Å²) in [6.07, 6.45) is 1.97. The van der Waals surface area contributed by atoms with Gasteiger partial charge in [0.05, 0.1) is 0 Å². The Balaban J connectivity index is 0.00000289. The molecule has 3 rings (SSSR count). The van der Waals surface area contributed by atoms with Crippen molar-refractivity contribution in [3.8, 4) is 16.9 Å². The molecule has 0 saturated heterocycles.